The van der Waals surface area contributed by atoms with Crippen LogP contribution in [0.1, 0.15) is 46.1 Å². The quantitative estimate of drug-likeness (QED) is 0.816. The zero-order chi connectivity index (χ0) is 18.0. The SMILES string of the molecule is CC(C)c1ccc(S(=O)(=O)Nc2ccc(NC(C)(C)C)cc2)cc1. The molecule has 0 heterocycles. The van der Waals surface area contributed by atoms with Gasteiger partial charge in [0.05, 0.1) is 4.90 Å². The largest absolute Gasteiger partial charge is 0.380 e. The summed E-state index contributed by atoms with van der Waals surface area (Å²) in [6.07, 6.45) is 0. The summed E-state index contributed by atoms with van der Waals surface area (Å²) < 4.78 is 27.6. The highest BCUT2D eigenvalue weighted by atomic mass is 32.2. The van der Waals surface area contributed by atoms with Gasteiger partial charge in [0.1, 0.15) is 0 Å². The maximum Gasteiger partial charge on any atom is 0.261 e. The summed E-state index contributed by atoms with van der Waals surface area (Å²) in [6, 6.07) is 14.3. The first-order valence-corrected chi connectivity index (χ1v) is 9.56. The topological polar surface area (TPSA) is 58.2 Å². The first kappa shape index (κ1) is 18.3. The number of rotatable bonds is 5. The Labute approximate surface area is 145 Å². The fraction of sp³-hybridized carbons (Fsp3) is 0.368. The van der Waals surface area contributed by atoms with Crippen LogP contribution in [-0.4, -0.2) is 14.0 Å². The summed E-state index contributed by atoms with van der Waals surface area (Å²) in [5, 5.41) is 3.34. The Bertz CT molecular complexity index is 772. The Morgan fingerprint density at radius 3 is 1.79 bits per heavy atom. The van der Waals surface area contributed by atoms with Gasteiger partial charge in [-0.3, -0.25) is 4.72 Å². The molecule has 4 nitrogen and oxygen atoms in total. The van der Waals surface area contributed by atoms with Crippen molar-refractivity contribution in [3.63, 3.8) is 0 Å². The van der Waals surface area contributed by atoms with E-state index in [2.05, 4.69) is 44.7 Å². The Hall–Kier alpha value is -2.01. The van der Waals surface area contributed by atoms with Crippen molar-refractivity contribution in [2.75, 3.05) is 10.0 Å². The number of anilines is 2. The van der Waals surface area contributed by atoms with Gasteiger partial charge in [-0.05, 0) is 68.7 Å². The summed E-state index contributed by atoms with van der Waals surface area (Å²) in [4.78, 5) is 0.267. The molecule has 2 aromatic carbocycles. The van der Waals surface area contributed by atoms with Gasteiger partial charge in [0.2, 0.25) is 0 Å². The van der Waals surface area contributed by atoms with Crippen molar-refractivity contribution in [2.24, 2.45) is 0 Å². The third-order valence-electron chi connectivity index (χ3n) is 3.51. The minimum atomic E-state index is -3.57. The second-order valence-electron chi connectivity index (χ2n) is 7.28. The minimum Gasteiger partial charge on any atom is -0.380 e. The van der Waals surface area contributed by atoms with E-state index in [-0.39, 0.29) is 10.4 Å². The lowest BCUT2D eigenvalue weighted by molar-refractivity contribution is 0.601. The van der Waals surface area contributed by atoms with Gasteiger partial charge in [-0.15, -0.1) is 0 Å². The molecule has 0 aliphatic rings. The highest BCUT2D eigenvalue weighted by Gasteiger charge is 2.15. The minimum absolute atomic E-state index is 0.0425. The fourth-order valence-corrected chi connectivity index (χ4v) is 3.36. The first-order chi connectivity index (χ1) is 11.1. The number of hydrogen-bond acceptors (Lipinski definition) is 3. The van der Waals surface area contributed by atoms with Crippen molar-refractivity contribution >= 4 is 21.4 Å². The predicted octanol–water partition coefficient (Wildman–Crippen LogP) is 4.82. The highest BCUT2D eigenvalue weighted by molar-refractivity contribution is 7.92. The Kier molecular flexibility index (Phi) is 5.23. The van der Waals surface area contributed by atoms with Crippen LogP contribution in [-0.2, 0) is 10.0 Å². The van der Waals surface area contributed by atoms with E-state index in [0.717, 1.165) is 11.3 Å². The Balaban J connectivity index is 2.14. The van der Waals surface area contributed by atoms with Crippen LogP contribution in [0.5, 0.6) is 0 Å². The molecular formula is C19H26N2O2S. The molecule has 0 bridgehead atoms. The Morgan fingerprint density at radius 1 is 0.833 bits per heavy atom. The number of hydrogen-bond donors (Lipinski definition) is 2. The van der Waals surface area contributed by atoms with Gasteiger partial charge in [-0.2, -0.15) is 0 Å². The molecule has 0 atom stereocenters. The molecular weight excluding hydrogens is 320 g/mol. The highest BCUT2D eigenvalue weighted by Crippen LogP contribution is 2.22. The maximum atomic E-state index is 12.5. The number of nitrogens with one attached hydrogen (secondary N) is 2. The van der Waals surface area contributed by atoms with Gasteiger partial charge < -0.3 is 5.32 Å². The van der Waals surface area contributed by atoms with E-state index >= 15 is 0 Å². The standard InChI is InChI=1S/C19H26N2O2S/c1-14(2)15-6-12-18(13-7-15)24(22,23)21-17-10-8-16(9-11-17)20-19(3,4)5/h6-14,20-21H,1-5H3. The second kappa shape index (κ2) is 6.85. The van der Waals surface area contributed by atoms with Crippen molar-refractivity contribution in [3.05, 3.63) is 54.1 Å². The number of sulfonamides is 1. The van der Waals surface area contributed by atoms with Crippen LogP contribution in [0.4, 0.5) is 11.4 Å². The van der Waals surface area contributed by atoms with E-state index in [4.69, 9.17) is 0 Å². The average molecular weight is 346 g/mol. The summed E-state index contributed by atoms with van der Waals surface area (Å²) in [7, 11) is -3.57. The maximum absolute atomic E-state index is 12.5. The molecule has 0 amide bonds. The smallest absolute Gasteiger partial charge is 0.261 e. The summed E-state index contributed by atoms with van der Waals surface area (Å²) in [5.41, 5.74) is 2.57. The van der Waals surface area contributed by atoms with E-state index in [0.29, 0.717) is 11.6 Å². The molecule has 0 saturated heterocycles. The fourth-order valence-electron chi connectivity index (χ4n) is 2.30. The summed E-state index contributed by atoms with van der Waals surface area (Å²) in [6.45, 7) is 10.4. The van der Waals surface area contributed by atoms with Crippen molar-refractivity contribution in [1.29, 1.82) is 0 Å². The van der Waals surface area contributed by atoms with Gasteiger partial charge in [0.15, 0.2) is 0 Å². The van der Waals surface area contributed by atoms with Crippen LogP contribution in [0.3, 0.4) is 0 Å². The first-order valence-electron chi connectivity index (χ1n) is 8.08. The molecule has 0 aliphatic heterocycles. The zero-order valence-electron chi connectivity index (χ0n) is 14.9. The van der Waals surface area contributed by atoms with E-state index in [1.54, 1.807) is 24.3 Å². The lowest BCUT2D eigenvalue weighted by Gasteiger charge is -2.22. The molecule has 0 aliphatic carbocycles. The summed E-state index contributed by atoms with van der Waals surface area (Å²) in [5.74, 6) is 0.373. The van der Waals surface area contributed by atoms with Crippen LogP contribution in [0.2, 0.25) is 0 Å². The van der Waals surface area contributed by atoms with Gasteiger partial charge >= 0.3 is 0 Å². The lowest BCUT2D eigenvalue weighted by atomic mass is 10.0. The predicted molar refractivity (Wildman–Crippen MR) is 101 cm³/mol. The second-order valence-corrected chi connectivity index (χ2v) is 8.96. The van der Waals surface area contributed by atoms with Crippen molar-refractivity contribution < 1.29 is 8.42 Å². The molecule has 24 heavy (non-hydrogen) atoms. The van der Waals surface area contributed by atoms with Gasteiger partial charge in [0.25, 0.3) is 10.0 Å². The third-order valence-corrected chi connectivity index (χ3v) is 4.91. The van der Waals surface area contributed by atoms with Crippen molar-refractivity contribution in [2.45, 2.75) is 51.0 Å². The van der Waals surface area contributed by atoms with Crippen molar-refractivity contribution in [1.82, 2.24) is 0 Å². The van der Waals surface area contributed by atoms with Crippen LogP contribution >= 0.6 is 0 Å². The molecule has 0 fully saturated rings. The molecule has 2 N–H and O–H groups in total. The molecule has 2 rings (SSSR count). The molecule has 0 unspecified atom stereocenters. The van der Waals surface area contributed by atoms with E-state index in [9.17, 15) is 8.42 Å². The molecule has 5 heteroatoms. The average Bonchev–Trinajstić information content (AvgIpc) is 2.47. The van der Waals surface area contributed by atoms with Gasteiger partial charge in [0, 0.05) is 16.9 Å². The lowest BCUT2D eigenvalue weighted by Crippen LogP contribution is -2.25. The van der Waals surface area contributed by atoms with Crippen LogP contribution in [0, 0.1) is 0 Å². The van der Waals surface area contributed by atoms with Gasteiger partial charge in [-0.1, -0.05) is 26.0 Å². The van der Waals surface area contributed by atoms with Crippen LogP contribution in [0.15, 0.2) is 53.4 Å². The molecule has 0 radical (unpaired) electrons. The van der Waals surface area contributed by atoms with Crippen molar-refractivity contribution in [3.8, 4) is 0 Å². The normalized spacial score (nSPS) is 12.2. The van der Waals surface area contributed by atoms with Crippen LogP contribution < -0.4 is 10.0 Å². The van der Waals surface area contributed by atoms with Crippen LogP contribution in [0.25, 0.3) is 0 Å². The summed E-state index contributed by atoms with van der Waals surface area (Å²) >= 11 is 0. The molecule has 2 aromatic rings. The monoisotopic (exact) mass is 346 g/mol. The van der Waals surface area contributed by atoms with E-state index in [1.807, 2.05) is 24.3 Å². The molecule has 0 aromatic heterocycles. The number of benzene rings is 2. The molecule has 0 saturated carbocycles. The van der Waals surface area contributed by atoms with Gasteiger partial charge in [-0.25, -0.2) is 8.42 Å². The molecule has 130 valence electrons. The molecule has 0 spiro atoms. The third kappa shape index (κ3) is 4.99. The zero-order valence-corrected chi connectivity index (χ0v) is 15.7. The van der Waals surface area contributed by atoms with E-state index < -0.39 is 10.0 Å². The van der Waals surface area contributed by atoms with E-state index in [1.165, 1.54) is 0 Å². The Morgan fingerprint density at radius 2 is 1.33 bits per heavy atom.